The van der Waals surface area contributed by atoms with Gasteiger partial charge in [-0.1, -0.05) is 41.4 Å². The Balaban J connectivity index is 1.85. The summed E-state index contributed by atoms with van der Waals surface area (Å²) in [5.41, 5.74) is 1.37. The molecular weight excluding hydrogens is 349 g/mol. The standard InChI is InChI=1S/C18H9Cl2NOS/c19-12-5-6-13(14(20)9-12)17(22)16-8-11-7-10-3-1-2-4-15(10)21-18(11)23-16/h1-9H. The van der Waals surface area contributed by atoms with E-state index in [1.807, 2.05) is 30.3 Å². The highest BCUT2D eigenvalue weighted by Crippen LogP contribution is 2.31. The van der Waals surface area contributed by atoms with Crippen LogP contribution in [0.2, 0.25) is 10.0 Å². The first-order valence-electron chi connectivity index (χ1n) is 6.91. The van der Waals surface area contributed by atoms with Crippen LogP contribution in [-0.4, -0.2) is 10.8 Å². The number of pyridine rings is 1. The summed E-state index contributed by atoms with van der Waals surface area (Å²) in [7, 11) is 0. The van der Waals surface area contributed by atoms with Gasteiger partial charge in [-0.05, 0) is 36.4 Å². The molecule has 0 fully saturated rings. The van der Waals surface area contributed by atoms with Crippen molar-refractivity contribution in [2.24, 2.45) is 0 Å². The number of carbonyl (C=O) groups excluding carboxylic acids is 1. The van der Waals surface area contributed by atoms with Crippen molar-refractivity contribution in [1.29, 1.82) is 0 Å². The van der Waals surface area contributed by atoms with Gasteiger partial charge in [0.2, 0.25) is 5.78 Å². The Kier molecular flexibility index (Phi) is 3.57. The summed E-state index contributed by atoms with van der Waals surface area (Å²) >= 11 is 13.4. The summed E-state index contributed by atoms with van der Waals surface area (Å²) in [5.74, 6) is -0.112. The summed E-state index contributed by atoms with van der Waals surface area (Å²) in [6.07, 6.45) is 0. The number of carbonyl (C=O) groups is 1. The first kappa shape index (κ1) is 14.6. The molecule has 112 valence electrons. The zero-order valence-corrected chi connectivity index (χ0v) is 14.0. The van der Waals surface area contributed by atoms with Crippen LogP contribution >= 0.6 is 34.5 Å². The van der Waals surface area contributed by atoms with Crippen molar-refractivity contribution in [1.82, 2.24) is 4.98 Å². The largest absolute Gasteiger partial charge is 0.288 e. The van der Waals surface area contributed by atoms with Gasteiger partial charge in [0.15, 0.2) is 0 Å². The molecule has 4 aromatic rings. The first-order valence-corrected chi connectivity index (χ1v) is 8.48. The van der Waals surface area contributed by atoms with E-state index in [1.165, 1.54) is 11.3 Å². The molecule has 0 spiro atoms. The van der Waals surface area contributed by atoms with Crippen molar-refractivity contribution < 1.29 is 4.79 Å². The van der Waals surface area contributed by atoms with E-state index in [4.69, 9.17) is 23.2 Å². The summed E-state index contributed by atoms with van der Waals surface area (Å²) < 4.78 is 0. The van der Waals surface area contributed by atoms with Crippen molar-refractivity contribution in [2.75, 3.05) is 0 Å². The van der Waals surface area contributed by atoms with Crippen LogP contribution in [0.4, 0.5) is 0 Å². The quantitative estimate of drug-likeness (QED) is 0.412. The van der Waals surface area contributed by atoms with Crippen LogP contribution in [0.3, 0.4) is 0 Å². The van der Waals surface area contributed by atoms with Crippen LogP contribution in [0.1, 0.15) is 15.2 Å². The second kappa shape index (κ2) is 5.60. The molecule has 5 heteroatoms. The van der Waals surface area contributed by atoms with Crippen LogP contribution in [0.5, 0.6) is 0 Å². The van der Waals surface area contributed by atoms with Crippen molar-refractivity contribution in [3.63, 3.8) is 0 Å². The molecule has 2 aromatic heterocycles. The molecule has 0 bridgehead atoms. The Hall–Kier alpha value is -1.94. The van der Waals surface area contributed by atoms with Gasteiger partial charge in [-0.15, -0.1) is 11.3 Å². The molecule has 0 aliphatic carbocycles. The van der Waals surface area contributed by atoms with Crippen molar-refractivity contribution in [3.05, 3.63) is 75.1 Å². The Morgan fingerprint density at radius 3 is 2.61 bits per heavy atom. The SMILES string of the molecule is O=C(c1cc2cc3ccccc3nc2s1)c1ccc(Cl)cc1Cl. The number of aromatic nitrogens is 1. The number of hydrogen-bond acceptors (Lipinski definition) is 3. The molecule has 0 aliphatic rings. The third-order valence-corrected chi connectivity index (χ3v) is 5.20. The van der Waals surface area contributed by atoms with Crippen LogP contribution in [0.25, 0.3) is 21.1 Å². The lowest BCUT2D eigenvalue weighted by Crippen LogP contribution is -1.99. The first-order chi connectivity index (χ1) is 11.1. The Morgan fingerprint density at radius 2 is 1.78 bits per heavy atom. The fourth-order valence-electron chi connectivity index (χ4n) is 2.49. The van der Waals surface area contributed by atoms with E-state index >= 15 is 0 Å². The summed E-state index contributed by atoms with van der Waals surface area (Å²) in [6.45, 7) is 0. The van der Waals surface area contributed by atoms with Gasteiger partial charge < -0.3 is 0 Å². The molecule has 0 saturated heterocycles. The number of nitrogens with zero attached hydrogens (tertiary/aromatic N) is 1. The van der Waals surface area contributed by atoms with Crippen LogP contribution in [0.15, 0.2) is 54.6 Å². The van der Waals surface area contributed by atoms with E-state index in [9.17, 15) is 4.79 Å². The lowest BCUT2D eigenvalue weighted by atomic mass is 10.1. The van der Waals surface area contributed by atoms with Crippen LogP contribution in [0, 0.1) is 0 Å². The molecule has 0 unspecified atom stereocenters. The van der Waals surface area contributed by atoms with Crippen molar-refractivity contribution in [2.45, 2.75) is 0 Å². The van der Waals surface area contributed by atoms with Crippen molar-refractivity contribution >= 4 is 61.4 Å². The van der Waals surface area contributed by atoms with Crippen molar-refractivity contribution in [3.8, 4) is 0 Å². The minimum Gasteiger partial charge on any atom is -0.288 e. The Morgan fingerprint density at radius 1 is 0.957 bits per heavy atom. The maximum absolute atomic E-state index is 12.7. The molecule has 4 rings (SSSR count). The predicted octanol–water partition coefficient (Wildman–Crippen LogP) is 5.99. The molecule has 2 heterocycles. The molecule has 0 amide bonds. The normalized spacial score (nSPS) is 11.2. The van der Waals surface area contributed by atoms with E-state index in [2.05, 4.69) is 11.1 Å². The lowest BCUT2D eigenvalue weighted by molar-refractivity contribution is 0.104. The number of halogens is 2. The number of fused-ring (bicyclic) bond motifs is 2. The van der Waals surface area contributed by atoms with Gasteiger partial charge in [0.05, 0.1) is 15.4 Å². The molecule has 2 aromatic carbocycles. The van der Waals surface area contributed by atoms with E-state index in [0.717, 1.165) is 21.1 Å². The smallest absolute Gasteiger partial charge is 0.204 e. The number of rotatable bonds is 2. The fourth-order valence-corrected chi connectivity index (χ4v) is 3.96. The van der Waals surface area contributed by atoms with Gasteiger partial charge >= 0.3 is 0 Å². The fraction of sp³-hybridized carbons (Fsp3) is 0. The topological polar surface area (TPSA) is 30.0 Å². The number of hydrogen-bond donors (Lipinski definition) is 0. The zero-order valence-electron chi connectivity index (χ0n) is 11.7. The highest BCUT2D eigenvalue weighted by atomic mass is 35.5. The van der Waals surface area contributed by atoms with E-state index in [0.29, 0.717) is 20.5 Å². The molecule has 23 heavy (non-hydrogen) atoms. The molecule has 0 atom stereocenters. The number of ketones is 1. The molecule has 0 N–H and O–H groups in total. The lowest BCUT2D eigenvalue weighted by Gasteiger charge is -2.01. The Bertz CT molecular complexity index is 1020. The van der Waals surface area contributed by atoms with Crippen LogP contribution in [-0.2, 0) is 0 Å². The van der Waals surface area contributed by atoms with E-state index in [1.54, 1.807) is 18.2 Å². The Labute approximate surface area is 146 Å². The maximum Gasteiger partial charge on any atom is 0.204 e. The third-order valence-electron chi connectivity index (χ3n) is 3.61. The number of thiophene rings is 1. The number of benzene rings is 2. The summed E-state index contributed by atoms with van der Waals surface area (Å²) in [5, 5.41) is 2.89. The summed E-state index contributed by atoms with van der Waals surface area (Å²) in [4.78, 5) is 18.8. The average molecular weight is 358 g/mol. The second-order valence-corrected chi connectivity index (χ2v) is 7.01. The second-order valence-electron chi connectivity index (χ2n) is 5.14. The molecule has 0 radical (unpaired) electrons. The van der Waals surface area contributed by atoms with E-state index in [-0.39, 0.29) is 5.78 Å². The minimum absolute atomic E-state index is 0.112. The van der Waals surface area contributed by atoms with Gasteiger partial charge in [0.25, 0.3) is 0 Å². The van der Waals surface area contributed by atoms with Gasteiger partial charge in [-0.25, -0.2) is 4.98 Å². The third kappa shape index (κ3) is 2.61. The van der Waals surface area contributed by atoms with Gasteiger partial charge in [-0.3, -0.25) is 4.79 Å². The molecular formula is C18H9Cl2NOS. The van der Waals surface area contributed by atoms with Crippen LogP contribution < -0.4 is 0 Å². The van der Waals surface area contributed by atoms with Gasteiger partial charge in [-0.2, -0.15) is 0 Å². The molecule has 2 nitrogen and oxygen atoms in total. The van der Waals surface area contributed by atoms with Gasteiger partial charge in [0, 0.05) is 21.4 Å². The minimum atomic E-state index is -0.112. The molecule has 0 saturated carbocycles. The maximum atomic E-state index is 12.7. The highest BCUT2D eigenvalue weighted by molar-refractivity contribution is 7.20. The summed E-state index contributed by atoms with van der Waals surface area (Å²) in [6, 6.07) is 16.7. The predicted molar refractivity (Wildman–Crippen MR) is 97.0 cm³/mol. The molecule has 0 aliphatic heterocycles. The monoisotopic (exact) mass is 357 g/mol. The highest BCUT2D eigenvalue weighted by Gasteiger charge is 2.16. The van der Waals surface area contributed by atoms with E-state index < -0.39 is 0 Å². The number of para-hydroxylation sites is 1. The zero-order chi connectivity index (χ0) is 16.0. The average Bonchev–Trinajstić information content (AvgIpc) is 2.94. The van der Waals surface area contributed by atoms with Gasteiger partial charge in [0.1, 0.15) is 4.83 Å².